The maximum absolute atomic E-state index is 13.0. The molecule has 0 unspecified atom stereocenters. The number of nitrogens with one attached hydrogen (secondary N) is 1. The van der Waals surface area contributed by atoms with E-state index in [1.54, 1.807) is 37.3 Å². The van der Waals surface area contributed by atoms with Crippen LogP contribution in [-0.2, 0) is 21.9 Å². The number of thioether (sulfide) groups is 1. The molecule has 0 fully saturated rings. The Bertz CT molecular complexity index is 970. The lowest BCUT2D eigenvalue weighted by Crippen LogP contribution is -2.49. The predicted octanol–water partition coefficient (Wildman–Crippen LogP) is 5.08. The van der Waals surface area contributed by atoms with Gasteiger partial charge in [0.15, 0.2) is 0 Å². The standard InChI is InChI=1S/C22H25Cl2N3O4S/c1-14(2)25-22(29)15(3)26(11-17-6-9-19(23)20(24)10-17)21(28)13-32-12-16-4-7-18(8-5-16)27(30)31/h4-10,14-15H,11-13H2,1-3H3,(H,25,29)/t15-/m1/s1. The van der Waals surface area contributed by atoms with Crippen LogP contribution in [0.5, 0.6) is 0 Å². The average Bonchev–Trinajstić information content (AvgIpc) is 2.73. The lowest BCUT2D eigenvalue weighted by atomic mass is 10.1. The van der Waals surface area contributed by atoms with Crippen molar-refractivity contribution in [2.75, 3.05) is 5.75 Å². The number of carbonyl (C=O) groups excluding carboxylic acids is 2. The average molecular weight is 498 g/mol. The highest BCUT2D eigenvalue weighted by Crippen LogP contribution is 2.24. The lowest BCUT2D eigenvalue weighted by molar-refractivity contribution is -0.384. The quantitative estimate of drug-likeness (QED) is 0.365. The van der Waals surface area contributed by atoms with Gasteiger partial charge in [-0.2, -0.15) is 0 Å². The fourth-order valence-electron chi connectivity index (χ4n) is 2.88. The van der Waals surface area contributed by atoms with Crippen molar-refractivity contribution in [3.8, 4) is 0 Å². The van der Waals surface area contributed by atoms with Crippen LogP contribution < -0.4 is 5.32 Å². The molecule has 0 bridgehead atoms. The first kappa shape index (κ1) is 26.0. The molecule has 0 spiro atoms. The largest absolute Gasteiger partial charge is 0.352 e. The second kappa shape index (κ2) is 12.1. The van der Waals surface area contributed by atoms with Crippen molar-refractivity contribution in [3.63, 3.8) is 0 Å². The van der Waals surface area contributed by atoms with Gasteiger partial charge in [-0.25, -0.2) is 0 Å². The number of hydrogen-bond donors (Lipinski definition) is 1. The Labute approximate surface area is 201 Å². The van der Waals surface area contributed by atoms with Gasteiger partial charge in [-0.3, -0.25) is 19.7 Å². The zero-order chi connectivity index (χ0) is 23.8. The van der Waals surface area contributed by atoms with Crippen molar-refractivity contribution in [3.05, 3.63) is 73.8 Å². The third-order valence-corrected chi connectivity index (χ3v) is 6.30. The maximum atomic E-state index is 13.0. The van der Waals surface area contributed by atoms with Crippen LogP contribution in [0.25, 0.3) is 0 Å². The minimum Gasteiger partial charge on any atom is -0.352 e. The minimum absolute atomic E-state index is 0.0209. The highest BCUT2D eigenvalue weighted by molar-refractivity contribution is 7.99. The molecular weight excluding hydrogens is 473 g/mol. The molecule has 0 heterocycles. The number of nitro groups is 1. The first-order valence-electron chi connectivity index (χ1n) is 9.93. The van der Waals surface area contributed by atoms with Crippen molar-refractivity contribution in [2.45, 2.75) is 45.2 Å². The zero-order valence-corrected chi connectivity index (χ0v) is 20.3. The van der Waals surface area contributed by atoms with E-state index in [4.69, 9.17) is 23.2 Å². The third-order valence-electron chi connectivity index (χ3n) is 4.58. The van der Waals surface area contributed by atoms with Gasteiger partial charge in [-0.1, -0.05) is 41.4 Å². The van der Waals surface area contributed by atoms with Gasteiger partial charge >= 0.3 is 0 Å². The molecule has 172 valence electrons. The summed E-state index contributed by atoms with van der Waals surface area (Å²) in [5.41, 5.74) is 1.65. The van der Waals surface area contributed by atoms with Crippen molar-refractivity contribution >= 4 is 52.5 Å². The van der Waals surface area contributed by atoms with Gasteiger partial charge in [0.25, 0.3) is 5.69 Å². The molecule has 1 atom stereocenters. The molecular formula is C22H25Cl2N3O4S. The van der Waals surface area contributed by atoms with Crippen molar-refractivity contribution in [1.82, 2.24) is 10.2 Å². The molecule has 2 amide bonds. The Kier molecular flexibility index (Phi) is 9.81. The molecule has 32 heavy (non-hydrogen) atoms. The van der Waals surface area contributed by atoms with E-state index in [0.29, 0.717) is 15.8 Å². The topological polar surface area (TPSA) is 92.6 Å². The highest BCUT2D eigenvalue weighted by Gasteiger charge is 2.26. The van der Waals surface area contributed by atoms with E-state index in [2.05, 4.69) is 5.32 Å². The van der Waals surface area contributed by atoms with Gasteiger partial charge in [0.1, 0.15) is 6.04 Å². The van der Waals surface area contributed by atoms with Gasteiger partial charge in [0.2, 0.25) is 11.8 Å². The molecule has 0 radical (unpaired) electrons. The van der Waals surface area contributed by atoms with Crippen molar-refractivity contribution in [1.29, 1.82) is 0 Å². The predicted molar refractivity (Wildman–Crippen MR) is 129 cm³/mol. The molecule has 0 aliphatic carbocycles. The number of hydrogen-bond acceptors (Lipinski definition) is 5. The summed E-state index contributed by atoms with van der Waals surface area (Å²) in [5.74, 6) is 0.220. The fourth-order valence-corrected chi connectivity index (χ4v) is 4.07. The molecule has 0 saturated carbocycles. The minimum atomic E-state index is -0.681. The van der Waals surface area contributed by atoms with E-state index < -0.39 is 11.0 Å². The monoisotopic (exact) mass is 497 g/mol. The molecule has 7 nitrogen and oxygen atoms in total. The number of non-ortho nitro benzene ring substituents is 1. The van der Waals surface area contributed by atoms with Crippen LogP contribution >= 0.6 is 35.0 Å². The van der Waals surface area contributed by atoms with E-state index in [1.165, 1.54) is 28.8 Å². The van der Waals surface area contributed by atoms with Crippen LogP contribution in [0.1, 0.15) is 31.9 Å². The number of nitro benzene ring substituents is 1. The molecule has 2 aromatic carbocycles. The molecule has 0 aromatic heterocycles. The van der Waals surface area contributed by atoms with Crippen LogP contribution in [0.3, 0.4) is 0 Å². The Balaban J connectivity index is 2.08. The van der Waals surface area contributed by atoms with Gasteiger partial charge in [0, 0.05) is 30.5 Å². The fraction of sp³-hybridized carbons (Fsp3) is 0.364. The van der Waals surface area contributed by atoms with E-state index in [-0.39, 0.29) is 35.8 Å². The lowest BCUT2D eigenvalue weighted by Gasteiger charge is -2.29. The third kappa shape index (κ3) is 7.69. The number of rotatable bonds is 10. The first-order valence-corrected chi connectivity index (χ1v) is 11.8. The molecule has 2 aromatic rings. The van der Waals surface area contributed by atoms with Crippen LogP contribution in [0, 0.1) is 10.1 Å². The van der Waals surface area contributed by atoms with Crippen LogP contribution in [0.2, 0.25) is 10.0 Å². The second-order valence-electron chi connectivity index (χ2n) is 7.53. The summed E-state index contributed by atoms with van der Waals surface area (Å²) >= 11 is 13.5. The smallest absolute Gasteiger partial charge is 0.269 e. The summed E-state index contributed by atoms with van der Waals surface area (Å²) in [4.78, 5) is 37.4. The summed E-state index contributed by atoms with van der Waals surface area (Å²) in [6, 6.07) is 10.6. The van der Waals surface area contributed by atoms with Crippen molar-refractivity contribution < 1.29 is 14.5 Å². The van der Waals surface area contributed by atoms with Gasteiger partial charge in [0.05, 0.1) is 20.7 Å². The van der Waals surface area contributed by atoms with Gasteiger partial charge in [-0.05, 0) is 44.0 Å². The Morgan fingerprint density at radius 3 is 2.25 bits per heavy atom. The molecule has 0 aliphatic heterocycles. The molecule has 0 aliphatic rings. The normalized spacial score (nSPS) is 11.8. The van der Waals surface area contributed by atoms with Crippen molar-refractivity contribution in [2.24, 2.45) is 0 Å². The van der Waals surface area contributed by atoms with Crippen LogP contribution in [0.15, 0.2) is 42.5 Å². The van der Waals surface area contributed by atoms with Gasteiger partial charge < -0.3 is 10.2 Å². The Morgan fingerprint density at radius 2 is 1.69 bits per heavy atom. The summed E-state index contributed by atoms with van der Waals surface area (Å²) in [7, 11) is 0. The van der Waals surface area contributed by atoms with E-state index >= 15 is 0 Å². The van der Waals surface area contributed by atoms with Gasteiger partial charge in [-0.15, -0.1) is 11.8 Å². The second-order valence-corrected chi connectivity index (χ2v) is 9.33. The van der Waals surface area contributed by atoms with E-state index in [0.717, 1.165) is 11.1 Å². The van der Waals surface area contributed by atoms with Crippen LogP contribution in [0.4, 0.5) is 5.69 Å². The maximum Gasteiger partial charge on any atom is 0.269 e. The molecule has 2 rings (SSSR count). The number of halogens is 2. The zero-order valence-electron chi connectivity index (χ0n) is 18.0. The summed E-state index contributed by atoms with van der Waals surface area (Å²) in [5, 5.41) is 14.4. The molecule has 0 saturated heterocycles. The number of benzene rings is 2. The summed E-state index contributed by atoms with van der Waals surface area (Å²) in [6.45, 7) is 5.61. The Morgan fingerprint density at radius 1 is 1.06 bits per heavy atom. The first-order chi connectivity index (χ1) is 15.1. The number of nitrogens with zero attached hydrogens (tertiary/aromatic N) is 2. The molecule has 10 heteroatoms. The van der Waals surface area contributed by atoms with E-state index in [1.807, 2.05) is 13.8 Å². The Hall–Kier alpha value is -2.29. The number of amides is 2. The summed E-state index contributed by atoms with van der Waals surface area (Å²) in [6.07, 6.45) is 0. The van der Waals surface area contributed by atoms with E-state index in [9.17, 15) is 19.7 Å². The van der Waals surface area contributed by atoms with Crippen LogP contribution in [-0.4, -0.2) is 39.5 Å². The highest BCUT2D eigenvalue weighted by atomic mass is 35.5. The number of carbonyl (C=O) groups is 2. The SMILES string of the molecule is CC(C)NC(=O)[C@@H](C)N(Cc1ccc(Cl)c(Cl)c1)C(=O)CSCc1ccc([N+](=O)[O-])cc1. The summed E-state index contributed by atoms with van der Waals surface area (Å²) < 4.78 is 0. The molecule has 1 N–H and O–H groups in total.